The molecule has 1 atom stereocenters. The molecule has 2 aromatic rings. The van der Waals surface area contributed by atoms with E-state index in [1.54, 1.807) is 24.3 Å². The number of rotatable bonds is 10. The van der Waals surface area contributed by atoms with Gasteiger partial charge in [-0.25, -0.2) is 4.79 Å². The Morgan fingerprint density at radius 2 is 1.67 bits per heavy atom. The highest BCUT2D eigenvalue weighted by atomic mass is 16.6. The largest absolute Gasteiger partial charge is 0.490 e. The molecule has 0 N–H and O–H groups in total. The second kappa shape index (κ2) is 11.0. The van der Waals surface area contributed by atoms with Gasteiger partial charge in [0.15, 0.2) is 6.10 Å². The topological polar surface area (TPSA) is 71.1 Å². The molecule has 0 aliphatic rings. The van der Waals surface area contributed by atoms with E-state index in [0.29, 0.717) is 17.9 Å². The maximum atomic E-state index is 12.1. The van der Waals surface area contributed by atoms with E-state index in [1.165, 1.54) is 6.92 Å². The lowest BCUT2D eigenvalue weighted by molar-refractivity contribution is -0.151. The van der Waals surface area contributed by atoms with Crippen LogP contribution in [0.5, 0.6) is 5.75 Å². The maximum Gasteiger partial charge on any atom is 0.338 e. The highest BCUT2D eigenvalue weighted by Gasteiger charge is 2.14. The molecule has 6 heteroatoms. The fourth-order valence-electron chi connectivity index (χ4n) is 2.28. The van der Waals surface area contributed by atoms with E-state index in [4.69, 9.17) is 18.9 Å². The lowest BCUT2D eigenvalue weighted by Gasteiger charge is -2.17. The van der Waals surface area contributed by atoms with Gasteiger partial charge in [0, 0.05) is 13.5 Å². The van der Waals surface area contributed by atoms with E-state index in [0.717, 1.165) is 5.56 Å². The van der Waals surface area contributed by atoms with Crippen molar-refractivity contribution in [2.45, 2.75) is 26.6 Å². The normalized spacial score (nSPS) is 11.5. The summed E-state index contributed by atoms with van der Waals surface area (Å²) in [6.07, 6.45) is -0.488. The quantitative estimate of drug-likeness (QED) is 0.596. The molecule has 0 aromatic heterocycles. The maximum absolute atomic E-state index is 12.1. The van der Waals surface area contributed by atoms with E-state index >= 15 is 0 Å². The average Bonchev–Trinajstić information content (AvgIpc) is 2.69. The lowest BCUT2D eigenvalue weighted by atomic mass is 10.2. The van der Waals surface area contributed by atoms with Gasteiger partial charge in [0.05, 0.1) is 12.2 Å². The van der Waals surface area contributed by atoms with Gasteiger partial charge in [0.2, 0.25) is 0 Å². The predicted octanol–water partition coefficient (Wildman–Crippen LogP) is 3.39. The molecule has 0 amide bonds. The number of ether oxygens (including phenoxy) is 4. The van der Waals surface area contributed by atoms with Gasteiger partial charge in [0.25, 0.3) is 0 Å². The van der Waals surface area contributed by atoms with Crippen molar-refractivity contribution in [3.8, 4) is 5.75 Å². The SMILES string of the molecule is CCOCC(COc1ccc(C(=O)OCc2ccccc2)cc1)OC(C)=O. The molecule has 2 aromatic carbocycles. The first kappa shape index (κ1) is 20.5. The fourth-order valence-corrected chi connectivity index (χ4v) is 2.28. The number of hydrogen-bond acceptors (Lipinski definition) is 6. The molecule has 6 nitrogen and oxygen atoms in total. The Labute approximate surface area is 159 Å². The highest BCUT2D eigenvalue weighted by molar-refractivity contribution is 5.89. The molecule has 2 rings (SSSR count). The van der Waals surface area contributed by atoms with Crippen LogP contribution in [0.1, 0.15) is 29.8 Å². The smallest absolute Gasteiger partial charge is 0.338 e. The van der Waals surface area contributed by atoms with Crippen LogP contribution < -0.4 is 4.74 Å². The molecule has 0 saturated carbocycles. The first-order valence-electron chi connectivity index (χ1n) is 8.77. The van der Waals surface area contributed by atoms with Crippen LogP contribution in [0.4, 0.5) is 0 Å². The van der Waals surface area contributed by atoms with Crippen molar-refractivity contribution in [2.24, 2.45) is 0 Å². The highest BCUT2D eigenvalue weighted by Crippen LogP contribution is 2.14. The zero-order chi connectivity index (χ0) is 19.5. The Morgan fingerprint density at radius 3 is 2.30 bits per heavy atom. The Kier molecular flexibility index (Phi) is 8.32. The molecule has 0 aliphatic carbocycles. The standard InChI is InChI=1S/C21H24O6/c1-3-24-14-20(27-16(2)22)15-25-19-11-9-18(10-12-19)21(23)26-13-17-7-5-4-6-8-17/h4-12,20H,3,13-15H2,1-2H3. The Balaban J connectivity index is 1.84. The van der Waals surface area contributed by atoms with E-state index in [1.807, 2.05) is 37.3 Å². The van der Waals surface area contributed by atoms with Crippen LogP contribution in [-0.2, 0) is 25.6 Å². The molecule has 1 unspecified atom stereocenters. The van der Waals surface area contributed by atoms with Crippen molar-refractivity contribution in [1.82, 2.24) is 0 Å². The molecule has 27 heavy (non-hydrogen) atoms. The minimum atomic E-state index is -0.488. The first-order valence-corrected chi connectivity index (χ1v) is 8.77. The molecule has 0 spiro atoms. The molecule has 144 valence electrons. The molecule has 0 aliphatic heterocycles. The minimum absolute atomic E-state index is 0.164. The van der Waals surface area contributed by atoms with Crippen LogP contribution in [0.15, 0.2) is 54.6 Å². The van der Waals surface area contributed by atoms with Crippen LogP contribution in [0, 0.1) is 0 Å². The summed E-state index contributed by atoms with van der Waals surface area (Å²) in [5, 5.41) is 0. The van der Waals surface area contributed by atoms with Crippen molar-refractivity contribution in [3.05, 3.63) is 65.7 Å². The number of benzene rings is 2. The van der Waals surface area contributed by atoms with Gasteiger partial charge >= 0.3 is 11.9 Å². The molecule has 0 bridgehead atoms. The van der Waals surface area contributed by atoms with Gasteiger partial charge in [-0.1, -0.05) is 30.3 Å². The van der Waals surface area contributed by atoms with E-state index in [-0.39, 0.29) is 25.8 Å². The summed E-state index contributed by atoms with van der Waals surface area (Å²) in [5.41, 5.74) is 1.36. The van der Waals surface area contributed by atoms with Gasteiger partial charge in [-0.3, -0.25) is 4.79 Å². The Hall–Kier alpha value is -2.86. The van der Waals surface area contributed by atoms with Crippen LogP contribution in [-0.4, -0.2) is 37.9 Å². The van der Waals surface area contributed by atoms with Crippen molar-refractivity contribution < 1.29 is 28.5 Å². The molecular formula is C21H24O6. The van der Waals surface area contributed by atoms with Crippen molar-refractivity contribution >= 4 is 11.9 Å². The summed E-state index contributed by atoms with van der Waals surface area (Å²) in [4.78, 5) is 23.2. The minimum Gasteiger partial charge on any atom is -0.490 e. The first-order chi connectivity index (χ1) is 13.1. The van der Waals surface area contributed by atoms with E-state index in [2.05, 4.69) is 0 Å². The van der Waals surface area contributed by atoms with E-state index in [9.17, 15) is 9.59 Å². The summed E-state index contributed by atoms with van der Waals surface area (Å²) in [6, 6.07) is 16.1. The summed E-state index contributed by atoms with van der Waals surface area (Å²) in [6.45, 7) is 4.38. The van der Waals surface area contributed by atoms with Crippen LogP contribution in [0.25, 0.3) is 0 Å². The third-order valence-corrected chi connectivity index (χ3v) is 3.58. The third kappa shape index (κ3) is 7.50. The van der Waals surface area contributed by atoms with Crippen molar-refractivity contribution in [3.63, 3.8) is 0 Å². The zero-order valence-corrected chi connectivity index (χ0v) is 15.6. The van der Waals surface area contributed by atoms with Crippen LogP contribution >= 0.6 is 0 Å². The van der Waals surface area contributed by atoms with Crippen molar-refractivity contribution in [2.75, 3.05) is 19.8 Å². The summed E-state index contributed by atoms with van der Waals surface area (Å²) < 4.78 is 21.3. The molecule has 0 saturated heterocycles. The fraction of sp³-hybridized carbons (Fsp3) is 0.333. The van der Waals surface area contributed by atoms with Gasteiger partial charge in [-0.2, -0.15) is 0 Å². The van der Waals surface area contributed by atoms with Gasteiger partial charge in [-0.15, -0.1) is 0 Å². The lowest BCUT2D eigenvalue weighted by Crippen LogP contribution is -2.29. The number of esters is 2. The molecular weight excluding hydrogens is 348 g/mol. The summed E-state index contributed by atoms with van der Waals surface area (Å²) in [7, 11) is 0. The Morgan fingerprint density at radius 1 is 0.963 bits per heavy atom. The zero-order valence-electron chi connectivity index (χ0n) is 15.6. The molecule has 0 radical (unpaired) electrons. The average molecular weight is 372 g/mol. The Bertz CT molecular complexity index is 711. The second-order valence-electron chi connectivity index (χ2n) is 5.79. The number of hydrogen-bond donors (Lipinski definition) is 0. The van der Waals surface area contributed by atoms with E-state index < -0.39 is 12.1 Å². The van der Waals surface area contributed by atoms with Crippen LogP contribution in [0.3, 0.4) is 0 Å². The molecule has 0 heterocycles. The monoisotopic (exact) mass is 372 g/mol. The van der Waals surface area contributed by atoms with Gasteiger partial charge in [-0.05, 0) is 36.8 Å². The molecule has 0 fully saturated rings. The second-order valence-corrected chi connectivity index (χ2v) is 5.79. The summed E-state index contributed by atoms with van der Waals surface area (Å²) >= 11 is 0. The summed E-state index contributed by atoms with van der Waals surface area (Å²) in [5.74, 6) is -0.234. The van der Waals surface area contributed by atoms with Gasteiger partial charge in [0.1, 0.15) is 19.0 Å². The van der Waals surface area contributed by atoms with Crippen LogP contribution in [0.2, 0.25) is 0 Å². The number of carbonyl (C=O) groups is 2. The predicted molar refractivity (Wildman–Crippen MR) is 99.5 cm³/mol. The van der Waals surface area contributed by atoms with Crippen molar-refractivity contribution in [1.29, 1.82) is 0 Å². The third-order valence-electron chi connectivity index (χ3n) is 3.58. The number of carbonyl (C=O) groups excluding carboxylic acids is 2. The van der Waals surface area contributed by atoms with Gasteiger partial charge < -0.3 is 18.9 Å².